The number of rotatable bonds is 5. The van der Waals surface area contributed by atoms with Crippen LogP contribution in [0.25, 0.3) is 10.8 Å². The second-order valence-electron chi connectivity index (χ2n) is 3.80. The zero-order valence-electron chi connectivity index (χ0n) is 9.57. The molecule has 0 bridgehead atoms. The fourth-order valence-corrected chi connectivity index (χ4v) is 2.25. The quantitative estimate of drug-likeness (QED) is 0.780. The third kappa shape index (κ3) is 2.70. The fraction of sp³-hybridized carbons (Fsp3) is 0.286. The van der Waals surface area contributed by atoms with Crippen LogP contribution in [0.2, 0.25) is 0 Å². The van der Waals surface area contributed by atoms with Gasteiger partial charge in [-0.05, 0) is 29.9 Å². The topological polar surface area (TPSA) is 12.0 Å². The van der Waals surface area contributed by atoms with Crippen LogP contribution in [-0.2, 0) is 0 Å². The minimum Gasteiger partial charge on any atom is -0.385 e. The molecule has 2 aromatic rings. The molecular weight excluding hydrogens is 214 g/mol. The zero-order chi connectivity index (χ0) is 11.2. The molecule has 0 saturated carbocycles. The summed E-state index contributed by atoms with van der Waals surface area (Å²) in [6, 6.07) is 14.9. The van der Waals surface area contributed by atoms with Crippen molar-refractivity contribution >= 4 is 28.2 Å². The van der Waals surface area contributed by atoms with Crippen molar-refractivity contribution in [2.24, 2.45) is 0 Å². The molecule has 0 amide bonds. The first-order chi connectivity index (χ1) is 7.92. The Labute approximate surface area is 101 Å². The summed E-state index contributed by atoms with van der Waals surface area (Å²) in [5.74, 6) is 1.22. The molecule has 2 heteroatoms. The first kappa shape index (κ1) is 11.3. The molecule has 0 radical (unpaired) electrons. The van der Waals surface area contributed by atoms with Crippen LogP contribution in [0.1, 0.15) is 6.42 Å². The van der Waals surface area contributed by atoms with Crippen LogP contribution in [0.4, 0.5) is 5.69 Å². The summed E-state index contributed by atoms with van der Waals surface area (Å²) in [6.45, 7) is 1.05. The van der Waals surface area contributed by atoms with Crippen molar-refractivity contribution in [3.05, 3.63) is 42.5 Å². The number of hydrogen-bond acceptors (Lipinski definition) is 2. The lowest BCUT2D eigenvalue weighted by Crippen LogP contribution is -2.02. The lowest BCUT2D eigenvalue weighted by molar-refractivity contribution is 0.995. The van der Waals surface area contributed by atoms with Gasteiger partial charge in [0.1, 0.15) is 0 Å². The number of anilines is 1. The molecule has 16 heavy (non-hydrogen) atoms. The molecule has 1 N–H and O–H groups in total. The van der Waals surface area contributed by atoms with E-state index in [1.807, 2.05) is 11.8 Å². The van der Waals surface area contributed by atoms with E-state index in [0.717, 1.165) is 6.54 Å². The SMILES string of the molecule is CSCCCNc1cccc2ccccc12. The monoisotopic (exact) mass is 231 g/mol. The number of thioether (sulfide) groups is 1. The van der Waals surface area contributed by atoms with Gasteiger partial charge in [-0.15, -0.1) is 0 Å². The average Bonchev–Trinajstić information content (AvgIpc) is 2.35. The van der Waals surface area contributed by atoms with Crippen LogP contribution in [-0.4, -0.2) is 18.6 Å². The maximum atomic E-state index is 3.51. The van der Waals surface area contributed by atoms with Crippen molar-refractivity contribution in [3.63, 3.8) is 0 Å². The van der Waals surface area contributed by atoms with Crippen LogP contribution >= 0.6 is 11.8 Å². The zero-order valence-corrected chi connectivity index (χ0v) is 10.4. The largest absolute Gasteiger partial charge is 0.385 e. The maximum absolute atomic E-state index is 3.51. The normalized spacial score (nSPS) is 10.6. The minimum absolute atomic E-state index is 1.05. The van der Waals surface area contributed by atoms with Gasteiger partial charge < -0.3 is 5.32 Å². The highest BCUT2D eigenvalue weighted by Gasteiger charge is 1.98. The molecule has 0 spiro atoms. The van der Waals surface area contributed by atoms with E-state index in [2.05, 4.69) is 54.0 Å². The minimum atomic E-state index is 1.05. The first-order valence-corrected chi connectivity index (χ1v) is 7.02. The predicted octanol–water partition coefficient (Wildman–Crippen LogP) is 4.00. The second-order valence-corrected chi connectivity index (χ2v) is 4.79. The smallest absolute Gasteiger partial charge is 0.0419 e. The average molecular weight is 231 g/mol. The Hall–Kier alpha value is -1.15. The summed E-state index contributed by atoms with van der Waals surface area (Å²) in [6.07, 6.45) is 3.36. The summed E-state index contributed by atoms with van der Waals surface area (Å²) >= 11 is 1.90. The van der Waals surface area contributed by atoms with Crippen molar-refractivity contribution in [2.75, 3.05) is 23.9 Å². The molecule has 0 aliphatic heterocycles. The van der Waals surface area contributed by atoms with Crippen molar-refractivity contribution in [2.45, 2.75) is 6.42 Å². The van der Waals surface area contributed by atoms with Gasteiger partial charge in [0.05, 0.1) is 0 Å². The van der Waals surface area contributed by atoms with Crippen LogP contribution in [0.5, 0.6) is 0 Å². The molecule has 0 unspecified atom stereocenters. The highest BCUT2D eigenvalue weighted by Crippen LogP contribution is 2.22. The molecule has 84 valence electrons. The van der Waals surface area contributed by atoms with Gasteiger partial charge in [-0.1, -0.05) is 36.4 Å². The number of nitrogens with one attached hydrogen (secondary N) is 1. The third-order valence-electron chi connectivity index (χ3n) is 2.63. The molecule has 0 aliphatic carbocycles. The van der Waals surface area contributed by atoms with Gasteiger partial charge in [-0.25, -0.2) is 0 Å². The van der Waals surface area contributed by atoms with Crippen molar-refractivity contribution < 1.29 is 0 Å². The van der Waals surface area contributed by atoms with Gasteiger partial charge in [0.2, 0.25) is 0 Å². The number of benzene rings is 2. The Morgan fingerprint density at radius 1 is 1.06 bits per heavy atom. The van der Waals surface area contributed by atoms with E-state index in [0.29, 0.717) is 0 Å². The Bertz CT molecular complexity index is 448. The molecule has 1 nitrogen and oxygen atoms in total. The standard InChI is InChI=1S/C14H17NS/c1-16-11-5-10-15-14-9-4-7-12-6-2-3-8-13(12)14/h2-4,6-9,15H,5,10-11H2,1H3. The van der Waals surface area contributed by atoms with E-state index >= 15 is 0 Å². The number of fused-ring (bicyclic) bond motifs is 1. The lowest BCUT2D eigenvalue weighted by atomic mass is 10.1. The van der Waals surface area contributed by atoms with E-state index in [1.165, 1.54) is 28.6 Å². The third-order valence-corrected chi connectivity index (χ3v) is 3.33. The van der Waals surface area contributed by atoms with E-state index < -0.39 is 0 Å². The van der Waals surface area contributed by atoms with Gasteiger partial charge in [0.15, 0.2) is 0 Å². The van der Waals surface area contributed by atoms with Crippen molar-refractivity contribution in [1.82, 2.24) is 0 Å². The van der Waals surface area contributed by atoms with Gasteiger partial charge in [0.25, 0.3) is 0 Å². The summed E-state index contributed by atoms with van der Waals surface area (Å²) in [4.78, 5) is 0. The van der Waals surface area contributed by atoms with Gasteiger partial charge in [-0.2, -0.15) is 11.8 Å². The van der Waals surface area contributed by atoms with E-state index in [-0.39, 0.29) is 0 Å². The number of hydrogen-bond donors (Lipinski definition) is 1. The highest BCUT2D eigenvalue weighted by molar-refractivity contribution is 7.98. The molecule has 0 atom stereocenters. The van der Waals surface area contributed by atoms with Crippen molar-refractivity contribution in [1.29, 1.82) is 0 Å². The molecule has 2 rings (SSSR count). The van der Waals surface area contributed by atoms with Gasteiger partial charge in [-0.3, -0.25) is 0 Å². The highest BCUT2D eigenvalue weighted by atomic mass is 32.2. The van der Waals surface area contributed by atoms with Crippen LogP contribution in [0, 0.1) is 0 Å². The van der Waals surface area contributed by atoms with Crippen LogP contribution in [0.3, 0.4) is 0 Å². The molecular formula is C14H17NS. The van der Waals surface area contributed by atoms with Crippen molar-refractivity contribution in [3.8, 4) is 0 Å². The summed E-state index contributed by atoms with van der Waals surface area (Å²) in [5.41, 5.74) is 1.25. The molecule has 0 saturated heterocycles. The molecule has 0 fully saturated rings. The van der Waals surface area contributed by atoms with E-state index in [4.69, 9.17) is 0 Å². The molecule has 0 heterocycles. The Balaban J connectivity index is 2.11. The summed E-state index contributed by atoms with van der Waals surface area (Å²) in [7, 11) is 0. The van der Waals surface area contributed by atoms with Gasteiger partial charge in [0, 0.05) is 17.6 Å². The Morgan fingerprint density at radius 2 is 1.88 bits per heavy atom. The fourth-order valence-electron chi connectivity index (χ4n) is 1.82. The van der Waals surface area contributed by atoms with Crippen LogP contribution in [0.15, 0.2) is 42.5 Å². The second kappa shape index (κ2) is 5.80. The first-order valence-electron chi connectivity index (χ1n) is 5.62. The van der Waals surface area contributed by atoms with E-state index in [9.17, 15) is 0 Å². The molecule has 0 aromatic heterocycles. The Morgan fingerprint density at radius 3 is 2.75 bits per heavy atom. The van der Waals surface area contributed by atoms with E-state index in [1.54, 1.807) is 0 Å². The van der Waals surface area contributed by atoms with Gasteiger partial charge >= 0.3 is 0 Å². The Kier molecular flexibility index (Phi) is 4.11. The molecule has 2 aromatic carbocycles. The summed E-state index contributed by atoms with van der Waals surface area (Å²) < 4.78 is 0. The molecule has 0 aliphatic rings. The predicted molar refractivity (Wildman–Crippen MR) is 75.4 cm³/mol. The maximum Gasteiger partial charge on any atom is 0.0419 e. The summed E-state index contributed by atoms with van der Waals surface area (Å²) in [5, 5.41) is 6.13. The van der Waals surface area contributed by atoms with Crippen LogP contribution < -0.4 is 5.32 Å². The lowest BCUT2D eigenvalue weighted by Gasteiger charge is -2.09.